The predicted octanol–water partition coefficient (Wildman–Crippen LogP) is 4.32. The van der Waals surface area contributed by atoms with Gasteiger partial charge in [-0.15, -0.1) is 0 Å². The van der Waals surface area contributed by atoms with Gasteiger partial charge in [0.25, 0.3) is 0 Å². The van der Waals surface area contributed by atoms with E-state index in [0.717, 1.165) is 62.9 Å². The molecule has 0 aromatic heterocycles. The predicted molar refractivity (Wildman–Crippen MR) is 151 cm³/mol. The fraction of sp³-hybridized carbons (Fsp3) is 0.400. The highest BCUT2D eigenvalue weighted by molar-refractivity contribution is 7.92. The summed E-state index contributed by atoms with van der Waals surface area (Å²) in [6.07, 6.45) is 2.14. The van der Waals surface area contributed by atoms with Crippen molar-refractivity contribution >= 4 is 15.7 Å². The molecule has 210 valence electrons. The molecule has 0 spiro atoms. The summed E-state index contributed by atoms with van der Waals surface area (Å²) in [5.74, 6) is -0.489. The van der Waals surface area contributed by atoms with Gasteiger partial charge in [-0.05, 0) is 66.9 Å². The molecule has 6 nitrogen and oxygen atoms in total. The monoisotopic (exact) mass is 557 g/mol. The highest BCUT2D eigenvalue weighted by Crippen LogP contribution is 2.30. The lowest BCUT2D eigenvalue weighted by Crippen LogP contribution is -2.50. The highest BCUT2D eigenvalue weighted by Gasteiger charge is 2.24. The molecule has 3 aromatic carbocycles. The van der Waals surface area contributed by atoms with Crippen LogP contribution in [0.4, 0.5) is 14.5 Å². The van der Waals surface area contributed by atoms with Crippen LogP contribution in [0, 0.1) is 11.6 Å². The maximum Gasteiger partial charge on any atom is 0.232 e. The molecule has 39 heavy (non-hydrogen) atoms. The number of β-amino-alcohol motifs (C(OH)–C–C–N with tert-alkyl or cyclic N) is 1. The van der Waals surface area contributed by atoms with Gasteiger partial charge >= 0.3 is 0 Å². The minimum absolute atomic E-state index is 0.0111. The van der Waals surface area contributed by atoms with Crippen molar-refractivity contribution in [2.24, 2.45) is 0 Å². The van der Waals surface area contributed by atoms with Crippen LogP contribution in [-0.2, 0) is 10.0 Å². The van der Waals surface area contributed by atoms with E-state index in [1.807, 2.05) is 6.07 Å². The summed E-state index contributed by atoms with van der Waals surface area (Å²) >= 11 is 0. The average Bonchev–Trinajstić information content (AvgIpc) is 2.92. The van der Waals surface area contributed by atoms with Crippen LogP contribution in [0.3, 0.4) is 0 Å². The topological polar surface area (TPSA) is 64.1 Å². The molecule has 3 aromatic rings. The van der Waals surface area contributed by atoms with Crippen LogP contribution in [0.25, 0.3) is 0 Å². The van der Waals surface area contributed by atoms with Gasteiger partial charge in [-0.3, -0.25) is 9.21 Å². The lowest BCUT2D eigenvalue weighted by atomic mass is 9.87. The first kappa shape index (κ1) is 29.1. The number of nitrogens with zero attached hydrogens (tertiary/aromatic N) is 3. The molecule has 1 fully saturated rings. The Kier molecular flexibility index (Phi) is 10.1. The van der Waals surface area contributed by atoms with Gasteiger partial charge in [-0.25, -0.2) is 17.2 Å². The molecule has 1 heterocycles. The molecule has 1 unspecified atom stereocenters. The molecular formula is C30H37F2N3O3S. The highest BCUT2D eigenvalue weighted by atomic mass is 32.2. The number of rotatable bonds is 12. The first-order chi connectivity index (χ1) is 18.7. The summed E-state index contributed by atoms with van der Waals surface area (Å²) in [6, 6.07) is 21.9. The van der Waals surface area contributed by atoms with Crippen LogP contribution in [0.1, 0.15) is 29.9 Å². The zero-order valence-corrected chi connectivity index (χ0v) is 23.1. The van der Waals surface area contributed by atoms with Gasteiger partial charge in [0.2, 0.25) is 10.0 Å². The second kappa shape index (κ2) is 13.5. The summed E-state index contributed by atoms with van der Waals surface area (Å²) in [4.78, 5) is 4.56. The van der Waals surface area contributed by atoms with Crippen LogP contribution in [0.15, 0.2) is 78.9 Å². The fourth-order valence-electron chi connectivity index (χ4n) is 5.20. The quantitative estimate of drug-likeness (QED) is 0.359. The fourth-order valence-corrected chi connectivity index (χ4v) is 6.15. The van der Waals surface area contributed by atoms with Crippen molar-refractivity contribution in [1.29, 1.82) is 0 Å². The summed E-state index contributed by atoms with van der Waals surface area (Å²) in [5, 5.41) is 10.7. The van der Waals surface area contributed by atoms with Gasteiger partial charge in [0.05, 0.1) is 24.6 Å². The molecular weight excluding hydrogens is 520 g/mol. The molecule has 1 aliphatic rings. The van der Waals surface area contributed by atoms with Gasteiger partial charge in [-0.1, -0.05) is 42.5 Å². The van der Waals surface area contributed by atoms with Gasteiger partial charge < -0.3 is 10.0 Å². The minimum atomic E-state index is -3.52. The first-order valence-corrected chi connectivity index (χ1v) is 15.2. The van der Waals surface area contributed by atoms with Crippen LogP contribution in [0.2, 0.25) is 0 Å². The van der Waals surface area contributed by atoms with Crippen molar-refractivity contribution in [2.75, 3.05) is 56.4 Å². The summed E-state index contributed by atoms with van der Waals surface area (Å²) in [7, 11) is -3.52. The zero-order chi connectivity index (χ0) is 27.8. The number of anilines is 1. The second-order valence-corrected chi connectivity index (χ2v) is 12.1. The maximum absolute atomic E-state index is 13.5. The Labute approximate surface area is 230 Å². The maximum atomic E-state index is 13.5. The van der Waals surface area contributed by atoms with E-state index in [1.54, 1.807) is 48.5 Å². The third-order valence-corrected chi connectivity index (χ3v) is 8.43. The standard InChI is InChI=1S/C30H37F2N3O3S/c1-39(37,38)35(28-6-3-2-4-7-28)23-29(36)22-34-20-18-33(19-21-34)17-5-8-30(24-9-13-26(31)14-10-24)25-11-15-27(32)16-12-25/h2-4,6-7,9-16,29-30,36H,5,8,17-23H2,1H3. The number of piperazine rings is 1. The first-order valence-electron chi connectivity index (χ1n) is 13.4. The lowest BCUT2D eigenvalue weighted by Gasteiger charge is -2.36. The molecule has 0 bridgehead atoms. The largest absolute Gasteiger partial charge is 0.390 e. The lowest BCUT2D eigenvalue weighted by molar-refractivity contribution is 0.0762. The Bertz CT molecular complexity index is 1220. The Morgan fingerprint density at radius 1 is 0.821 bits per heavy atom. The zero-order valence-electron chi connectivity index (χ0n) is 22.3. The minimum Gasteiger partial charge on any atom is -0.390 e. The van der Waals surface area contributed by atoms with E-state index < -0.39 is 16.1 Å². The Hall–Kier alpha value is -2.85. The van der Waals surface area contributed by atoms with Crippen LogP contribution in [0.5, 0.6) is 0 Å². The third kappa shape index (κ3) is 8.57. The van der Waals surface area contributed by atoms with Crippen molar-refractivity contribution in [3.05, 3.63) is 102 Å². The molecule has 1 N–H and O–H groups in total. The van der Waals surface area contributed by atoms with Crippen LogP contribution in [-0.4, -0.2) is 81.5 Å². The van der Waals surface area contributed by atoms with E-state index in [1.165, 1.54) is 28.6 Å². The van der Waals surface area contributed by atoms with E-state index in [9.17, 15) is 22.3 Å². The van der Waals surface area contributed by atoms with Crippen molar-refractivity contribution in [3.8, 4) is 0 Å². The molecule has 0 aliphatic carbocycles. The van der Waals surface area contributed by atoms with Gasteiger partial charge in [0, 0.05) is 38.6 Å². The number of hydrogen-bond acceptors (Lipinski definition) is 5. The molecule has 1 atom stereocenters. The number of benzene rings is 3. The second-order valence-electron chi connectivity index (χ2n) is 10.2. The van der Waals surface area contributed by atoms with Gasteiger partial charge in [0.15, 0.2) is 0 Å². The number of sulfonamides is 1. The molecule has 1 saturated heterocycles. The summed E-state index contributed by atoms with van der Waals surface area (Å²) in [5.41, 5.74) is 2.57. The Morgan fingerprint density at radius 2 is 1.33 bits per heavy atom. The number of hydrogen-bond donors (Lipinski definition) is 1. The van der Waals surface area contributed by atoms with Crippen molar-refractivity contribution in [2.45, 2.75) is 24.9 Å². The molecule has 9 heteroatoms. The normalized spacial score (nSPS) is 15.9. The SMILES string of the molecule is CS(=O)(=O)N(CC(O)CN1CCN(CCCC(c2ccc(F)cc2)c2ccc(F)cc2)CC1)c1ccccc1. The van der Waals surface area contributed by atoms with Crippen molar-refractivity contribution in [1.82, 2.24) is 9.80 Å². The van der Waals surface area contributed by atoms with Crippen LogP contribution >= 0.6 is 0 Å². The van der Waals surface area contributed by atoms with E-state index in [2.05, 4.69) is 9.80 Å². The summed E-state index contributed by atoms with van der Waals surface area (Å²) in [6.45, 7) is 4.63. The van der Waals surface area contributed by atoms with Gasteiger partial charge in [-0.2, -0.15) is 0 Å². The van der Waals surface area contributed by atoms with Gasteiger partial charge in [0.1, 0.15) is 11.6 Å². The Morgan fingerprint density at radius 3 is 1.85 bits per heavy atom. The van der Waals surface area contributed by atoms with Crippen molar-refractivity contribution < 1.29 is 22.3 Å². The average molecular weight is 558 g/mol. The third-order valence-electron chi connectivity index (χ3n) is 7.27. The number of aliphatic hydroxyl groups is 1. The number of para-hydroxylation sites is 1. The van der Waals surface area contributed by atoms with Crippen molar-refractivity contribution in [3.63, 3.8) is 0 Å². The molecule has 0 saturated carbocycles. The molecule has 1 aliphatic heterocycles. The molecule has 0 amide bonds. The molecule has 0 radical (unpaired) electrons. The number of aliphatic hydroxyl groups excluding tert-OH is 1. The molecule has 4 rings (SSSR count). The van der Waals surface area contributed by atoms with E-state index in [0.29, 0.717) is 12.2 Å². The van der Waals surface area contributed by atoms with E-state index >= 15 is 0 Å². The smallest absolute Gasteiger partial charge is 0.232 e. The van der Waals surface area contributed by atoms with E-state index in [4.69, 9.17) is 0 Å². The van der Waals surface area contributed by atoms with Crippen LogP contribution < -0.4 is 4.31 Å². The summed E-state index contributed by atoms with van der Waals surface area (Å²) < 4.78 is 52.9. The van der Waals surface area contributed by atoms with E-state index in [-0.39, 0.29) is 24.1 Å². The Balaban J connectivity index is 1.26. The number of halogens is 2.